The number of pyridine rings is 1. The molecule has 2 heterocycles. The average molecular weight is 282 g/mol. The topological polar surface area (TPSA) is 52.8 Å². The Morgan fingerprint density at radius 2 is 1.76 bits per heavy atom. The lowest BCUT2D eigenvalue weighted by Gasteiger charge is -2.06. The van der Waals surface area contributed by atoms with Gasteiger partial charge in [0.25, 0.3) is 0 Å². The fourth-order valence-corrected chi connectivity index (χ4v) is 2.16. The van der Waals surface area contributed by atoms with Gasteiger partial charge in [-0.15, -0.1) is 0 Å². The van der Waals surface area contributed by atoms with Gasteiger partial charge in [-0.1, -0.05) is 30.3 Å². The Labute approximate surface area is 121 Å². The van der Waals surface area contributed by atoms with Crippen LogP contribution >= 0.6 is 0 Å². The van der Waals surface area contributed by atoms with Crippen LogP contribution in [-0.4, -0.2) is 29.4 Å². The highest BCUT2D eigenvalue weighted by Crippen LogP contribution is 2.28. The molecule has 2 aromatic heterocycles. The Kier molecular flexibility index (Phi) is 3.31. The van der Waals surface area contributed by atoms with Crippen molar-refractivity contribution in [2.45, 2.75) is 0 Å². The van der Waals surface area contributed by atoms with Gasteiger partial charge in [-0.2, -0.15) is 0 Å². The van der Waals surface area contributed by atoms with Crippen molar-refractivity contribution >= 4 is 11.4 Å². The second kappa shape index (κ2) is 5.28. The number of aromatic nitrogens is 2. The van der Waals surface area contributed by atoms with Crippen LogP contribution in [0.1, 0.15) is 16.1 Å². The maximum atomic E-state index is 12.4. The molecular formula is C16H14N2O3. The first-order chi connectivity index (χ1) is 10.2. The van der Waals surface area contributed by atoms with Crippen molar-refractivity contribution in [2.24, 2.45) is 0 Å². The molecule has 106 valence electrons. The molecule has 21 heavy (non-hydrogen) atoms. The maximum absolute atomic E-state index is 12.4. The molecule has 0 amide bonds. The fourth-order valence-electron chi connectivity index (χ4n) is 2.16. The summed E-state index contributed by atoms with van der Waals surface area (Å²) in [4.78, 5) is 16.7. The summed E-state index contributed by atoms with van der Waals surface area (Å²) in [6.07, 6.45) is 3.43. The molecule has 5 nitrogen and oxygen atoms in total. The van der Waals surface area contributed by atoms with Crippen LogP contribution < -0.4 is 9.47 Å². The number of imidazole rings is 1. The Hall–Kier alpha value is -2.82. The van der Waals surface area contributed by atoms with E-state index in [1.807, 2.05) is 18.2 Å². The number of ether oxygens (including phenoxy) is 2. The number of hydrogen-bond donors (Lipinski definition) is 0. The van der Waals surface area contributed by atoms with Crippen molar-refractivity contribution in [2.75, 3.05) is 14.2 Å². The quantitative estimate of drug-likeness (QED) is 0.690. The van der Waals surface area contributed by atoms with E-state index < -0.39 is 0 Å². The van der Waals surface area contributed by atoms with Gasteiger partial charge in [-0.25, -0.2) is 4.98 Å². The van der Waals surface area contributed by atoms with Crippen molar-refractivity contribution in [3.8, 4) is 11.5 Å². The highest BCUT2D eigenvalue weighted by molar-refractivity contribution is 6.07. The van der Waals surface area contributed by atoms with Crippen molar-refractivity contribution in [3.63, 3.8) is 0 Å². The Morgan fingerprint density at radius 1 is 1.05 bits per heavy atom. The minimum absolute atomic E-state index is 0.114. The van der Waals surface area contributed by atoms with E-state index in [1.54, 1.807) is 49.2 Å². The van der Waals surface area contributed by atoms with Crippen LogP contribution in [0.2, 0.25) is 0 Å². The molecule has 0 fully saturated rings. The average Bonchev–Trinajstić information content (AvgIpc) is 2.96. The minimum Gasteiger partial charge on any atom is -0.493 e. The lowest BCUT2D eigenvalue weighted by molar-refractivity contribution is 0.103. The summed E-state index contributed by atoms with van der Waals surface area (Å²) in [6, 6.07) is 10.8. The van der Waals surface area contributed by atoms with Crippen LogP contribution in [-0.2, 0) is 0 Å². The van der Waals surface area contributed by atoms with Gasteiger partial charge in [-0.3, -0.25) is 4.79 Å². The van der Waals surface area contributed by atoms with Gasteiger partial charge in [0.1, 0.15) is 11.3 Å². The van der Waals surface area contributed by atoms with Gasteiger partial charge in [0.2, 0.25) is 5.78 Å². The van der Waals surface area contributed by atoms with Gasteiger partial charge in [0.15, 0.2) is 11.5 Å². The first-order valence-corrected chi connectivity index (χ1v) is 6.43. The predicted octanol–water partition coefficient (Wildman–Crippen LogP) is 2.58. The second-order valence-corrected chi connectivity index (χ2v) is 4.50. The van der Waals surface area contributed by atoms with E-state index in [-0.39, 0.29) is 5.78 Å². The number of carbonyl (C=O) groups excluding carboxylic acids is 1. The summed E-state index contributed by atoms with van der Waals surface area (Å²) < 4.78 is 12.2. The molecule has 0 spiro atoms. The van der Waals surface area contributed by atoms with E-state index in [2.05, 4.69) is 4.98 Å². The predicted molar refractivity (Wildman–Crippen MR) is 78.2 cm³/mol. The van der Waals surface area contributed by atoms with Crippen LogP contribution in [0, 0.1) is 0 Å². The molecule has 0 saturated carbocycles. The lowest BCUT2D eigenvalue weighted by Crippen LogP contribution is -2.00. The molecule has 1 aromatic carbocycles. The van der Waals surface area contributed by atoms with E-state index in [4.69, 9.17) is 9.47 Å². The smallest absolute Gasteiger partial charge is 0.212 e. The monoisotopic (exact) mass is 282 g/mol. The Bertz CT molecular complexity index is 753. The Morgan fingerprint density at radius 3 is 2.43 bits per heavy atom. The summed E-state index contributed by atoms with van der Waals surface area (Å²) >= 11 is 0. The summed E-state index contributed by atoms with van der Waals surface area (Å²) in [5, 5.41) is 0. The van der Waals surface area contributed by atoms with E-state index in [0.717, 1.165) is 0 Å². The summed E-state index contributed by atoms with van der Waals surface area (Å²) in [6.45, 7) is 0. The molecule has 3 aromatic rings. The molecule has 0 bridgehead atoms. The standard InChI is InChI=1S/C16H14N2O3/c1-20-13-8-15-17-12(9-18(15)10-14(13)21-2)16(19)11-6-4-3-5-7-11/h3-10H,1-2H3. The number of methoxy groups -OCH3 is 2. The third-order valence-corrected chi connectivity index (χ3v) is 3.23. The first-order valence-electron chi connectivity index (χ1n) is 6.43. The molecule has 0 aliphatic carbocycles. The van der Waals surface area contributed by atoms with Crippen molar-refractivity contribution in [1.29, 1.82) is 0 Å². The van der Waals surface area contributed by atoms with E-state index >= 15 is 0 Å². The molecule has 5 heteroatoms. The summed E-state index contributed by atoms with van der Waals surface area (Å²) in [5.41, 5.74) is 1.63. The highest BCUT2D eigenvalue weighted by atomic mass is 16.5. The number of nitrogens with zero attached hydrogens (tertiary/aromatic N) is 2. The molecule has 0 radical (unpaired) electrons. The highest BCUT2D eigenvalue weighted by Gasteiger charge is 2.15. The van der Waals surface area contributed by atoms with Crippen LogP contribution in [0.25, 0.3) is 5.65 Å². The van der Waals surface area contributed by atoms with Crippen LogP contribution in [0.4, 0.5) is 0 Å². The third kappa shape index (κ3) is 2.33. The normalized spacial score (nSPS) is 10.6. The lowest BCUT2D eigenvalue weighted by atomic mass is 10.1. The SMILES string of the molecule is COc1cc2nc(C(=O)c3ccccc3)cn2cc1OC. The zero-order valence-electron chi connectivity index (χ0n) is 11.7. The summed E-state index contributed by atoms with van der Waals surface area (Å²) in [5.74, 6) is 1.05. The van der Waals surface area contributed by atoms with Gasteiger partial charge in [0, 0.05) is 17.8 Å². The number of rotatable bonds is 4. The molecule has 0 N–H and O–H groups in total. The number of hydrogen-bond acceptors (Lipinski definition) is 4. The molecule has 0 aliphatic heterocycles. The maximum Gasteiger partial charge on any atom is 0.212 e. The van der Waals surface area contributed by atoms with Crippen molar-refractivity contribution in [3.05, 3.63) is 60.0 Å². The van der Waals surface area contributed by atoms with Gasteiger partial charge < -0.3 is 13.9 Å². The number of benzene rings is 1. The minimum atomic E-state index is -0.114. The zero-order chi connectivity index (χ0) is 14.8. The van der Waals surface area contributed by atoms with E-state index in [1.165, 1.54) is 0 Å². The van der Waals surface area contributed by atoms with Crippen LogP contribution in [0.15, 0.2) is 48.8 Å². The van der Waals surface area contributed by atoms with Gasteiger partial charge >= 0.3 is 0 Å². The first kappa shape index (κ1) is 13.2. The molecular weight excluding hydrogens is 268 g/mol. The summed E-state index contributed by atoms with van der Waals surface area (Å²) in [7, 11) is 3.13. The van der Waals surface area contributed by atoms with E-state index in [9.17, 15) is 4.79 Å². The third-order valence-electron chi connectivity index (χ3n) is 3.23. The van der Waals surface area contributed by atoms with Gasteiger partial charge in [0.05, 0.1) is 20.4 Å². The molecule has 0 atom stereocenters. The van der Waals surface area contributed by atoms with Crippen LogP contribution in [0.5, 0.6) is 11.5 Å². The van der Waals surface area contributed by atoms with E-state index in [0.29, 0.717) is 28.4 Å². The Balaban J connectivity index is 2.07. The van der Waals surface area contributed by atoms with Crippen molar-refractivity contribution < 1.29 is 14.3 Å². The van der Waals surface area contributed by atoms with Crippen molar-refractivity contribution in [1.82, 2.24) is 9.38 Å². The fraction of sp³-hybridized carbons (Fsp3) is 0.125. The second-order valence-electron chi connectivity index (χ2n) is 4.50. The number of ketones is 1. The molecule has 0 unspecified atom stereocenters. The molecule has 0 saturated heterocycles. The molecule has 3 rings (SSSR count). The zero-order valence-corrected chi connectivity index (χ0v) is 11.7. The van der Waals surface area contributed by atoms with Crippen LogP contribution in [0.3, 0.4) is 0 Å². The van der Waals surface area contributed by atoms with Gasteiger partial charge in [-0.05, 0) is 0 Å². The largest absolute Gasteiger partial charge is 0.493 e. The number of fused-ring (bicyclic) bond motifs is 1. The number of carbonyl (C=O) groups is 1. The molecule has 0 aliphatic rings.